The van der Waals surface area contributed by atoms with Crippen LogP contribution in [0.4, 0.5) is 0 Å². The van der Waals surface area contributed by atoms with Gasteiger partial charge >= 0.3 is 0 Å². The zero-order chi connectivity index (χ0) is 12.3. The van der Waals surface area contributed by atoms with Gasteiger partial charge in [-0.3, -0.25) is 0 Å². The van der Waals surface area contributed by atoms with Crippen LogP contribution in [0.2, 0.25) is 0 Å². The van der Waals surface area contributed by atoms with Crippen LogP contribution in [0.25, 0.3) is 0 Å². The maximum Gasteiger partial charge on any atom is 0.00952 e. The molecule has 0 heterocycles. The van der Waals surface area contributed by atoms with Crippen LogP contribution in [0.3, 0.4) is 0 Å². The second kappa shape index (κ2) is 9.90. The molecule has 0 bridgehead atoms. The molecule has 1 aliphatic carbocycles. The maximum atomic E-state index is 5.62. The van der Waals surface area contributed by atoms with Crippen LogP contribution in [0, 0.1) is 0 Å². The molecule has 0 radical (unpaired) electrons. The van der Waals surface area contributed by atoms with Crippen LogP contribution < -0.4 is 5.73 Å². The van der Waals surface area contributed by atoms with Crippen LogP contribution in [-0.2, 0) is 0 Å². The van der Waals surface area contributed by atoms with Crippen LogP contribution in [-0.4, -0.2) is 30.6 Å². The monoisotopic (exact) mass is 240 g/mol. The molecular weight excluding hydrogens is 208 g/mol. The molecule has 2 N–H and O–H groups in total. The highest BCUT2D eigenvalue weighted by Gasteiger charge is 2.23. The summed E-state index contributed by atoms with van der Waals surface area (Å²) in [7, 11) is 0. The lowest BCUT2D eigenvalue weighted by atomic mass is 9.91. The van der Waals surface area contributed by atoms with Gasteiger partial charge in [0.2, 0.25) is 0 Å². The van der Waals surface area contributed by atoms with Gasteiger partial charge in [0.1, 0.15) is 0 Å². The lowest BCUT2D eigenvalue weighted by molar-refractivity contribution is 0.124. The molecule has 1 fully saturated rings. The van der Waals surface area contributed by atoms with E-state index in [9.17, 15) is 0 Å². The quantitative estimate of drug-likeness (QED) is 0.560. The van der Waals surface area contributed by atoms with Gasteiger partial charge in [0, 0.05) is 6.04 Å². The van der Waals surface area contributed by atoms with E-state index < -0.39 is 0 Å². The summed E-state index contributed by atoms with van der Waals surface area (Å²) in [5.74, 6) is 0. The zero-order valence-corrected chi connectivity index (χ0v) is 11.8. The van der Waals surface area contributed by atoms with E-state index in [0.717, 1.165) is 12.6 Å². The van der Waals surface area contributed by atoms with Crippen molar-refractivity contribution >= 4 is 0 Å². The van der Waals surface area contributed by atoms with Gasteiger partial charge in [-0.1, -0.05) is 45.4 Å². The van der Waals surface area contributed by atoms with E-state index in [-0.39, 0.29) is 0 Å². The highest BCUT2D eigenvalue weighted by Crippen LogP contribution is 2.25. The summed E-state index contributed by atoms with van der Waals surface area (Å²) in [5.41, 5.74) is 5.62. The fourth-order valence-electron chi connectivity index (χ4n) is 2.62. The van der Waals surface area contributed by atoms with E-state index in [1.807, 2.05) is 0 Å². The Labute approximate surface area is 108 Å². The van der Waals surface area contributed by atoms with Gasteiger partial charge in [0.25, 0.3) is 0 Å². The SMILES string of the molecule is CCCCCCCCN(CCCN)C1CCC1. The molecule has 2 nitrogen and oxygen atoms in total. The predicted octanol–water partition coefficient (Wildman–Crippen LogP) is 3.55. The predicted molar refractivity (Wildman–Crippen MR) is 76.3 cm³/mol. The Hall–Kier alpha value is -0.0800. The van der Waals surface area contributed by atoms with Crippen LogP contribution in [0.15, 0.2) is 0 Å². The van der Waals surface area contributed by atoms with Crippen molar-refractivity contribution in [2.75, 3.05) is 19.6 Å². The number of nitrogens with zero attached hydrogens (tertiary/aromatic N) is 1. The third-order valence-electron chi connectivity index (χ3n) is 4.04. The third-order valence-corrected chi connectivity index (χ3v) is 4.04. The van der Waals surface area contributed by atoms with E-state index in [2.05, 4.69) is 11.8 Å². The summed E-state index contributed by atoms with van der Waals surface area (Å²) in [5, 5.41) is 0. The van der Waals surface area contributed by atoms with Gasteiger partial charge in [-0.25, -0.2) is 0 Å². The van der Waals surface area contributed by atoms with Gasteiger partial charge in [0.05, 0.1) is 0 Å². The first-order valence-corrected chi connectivity index (χ1v) is 7.82. The molecule has 0 saturated heterocycles. The van der Waals surface area contributed by atoms with E-state index in [1.165, 1.54) is 77.3 Å². The number of nitrogens with two attached hydrogens (primary N) is 1. The molecule has 0 aliphatic heterocycles. The minimum Gasteiger partial charge on any atom is -0.330 e. The summed E-state index contributed by atoms with van der Waals surface area (Å²) in [4.78, 5) is 2.70. The van der Waals surface area contributed by atoms with E-state index in [1.54, 1.807) is 0 Å². The van der Waals surface area contributed by atoms with Gasteiger partial charge in [-0.05, 0) is 45.3 Å². The molecule has 0 aromatic heterocycles. The molecule has 0 aromatic carbocycles. The number of hydrogen-bond acceptors (Lipinski definition) is 2. The van der Waals surface area contributed by atoms with Crippen molar-refractivity contribution in [3.05, 3.63) is 0 Å². The second-order valence-electron chi connectivity index (χ2n) is 5.53. The smallest absolute Gasteiger partial charge is 0.00952 e. The number of unbranched alkanes of at least 4 members (excludes halogenated alkanes) is 5. The molecule has 0 amide bonds. The molecule has 1 aliphatic rings. The lowest BCUT2D eigenvalue weighted by Crippen LogP contribution is -2.41. The van der Waals surface area contributed by atoms with Crippen molar-refractivity contribution in [1.82, 2.24) is 4.90 Å². The highest BCUT2D eigenvalue weighted by molar-refractivity contribution is 4.79. The van der Waals surface area contributed by atoms with Crippen molar-refractivity contribution in [2.24, 2.45) is 5.73 Å². The van der Waals surface area contributed by atoms with Gasteiger partial charge in [-0.15, -0.1) is 0 Å². The molecule has 102 valence electrons. The second-order valence-corrected chi connectivity index (χ2v) is 5.53. The minimum atomic E-state index is 0.847. The molecule has 0 unspecified atom stereocenters. The lowest BCUT2D eigenvalue weighted by Gasteiger charge is -2.37. The molecule has 17 heavy (non-hydrogen) atoms. The Kier molecular flexibility index (Phi) is 8.72. The molecule has 0 atom stereocenters. The Bertz CT molecular complexity index is 166. The van der Waals surface area contributed by atoms with Crippen molar-refractivity contribution in [3.8, 4) is 0 Å². The van der Waals surface area contributed by atoms with Crippen LogP contribution in [0.1, 0.15) is 71.1 Å². The average molecular weight is 240 g/mol. The standard InChI is InChI=1S/C15H32N2/c1-2-3-4-5-6-7-13-17(14-9-12-16)15-10-8-11-15/h15H,2-14,16H2,1H3. The maximum absolute atomic E-state index is 5.62. The highest BCUT2D eigenvalue weighted by atomic mass is 15.2. The van der Waals surface area contributed by atoms with Crippen molar-refractivity contribution in [1.29, 1.82) is 0 Å². The summed E-state index contributed by atoms with van der Waals surface area (Å²) in [6.45, 7) is 5.68. The van der Waals surface area contributed by atoms with E-state index in [0.29, 0.717) is 0 Å². The molecular formula is C15H32N2. The first kappa shape index (κ1) is 15.0. The largest absolute Gasteiger partial charge is 0.330 e. The van der Waals surface area contributed by atoms with E-state index >= 15 is 0 Å². The van der Waals surface area contributed by atoms with Crippen molar-refractivity contribution < 1.29 is 0 Å². The summed E-state index contributed by atoms with van der Waals surface area (Å²) in [6, 6.07) is 0.900. The van der Waals surface area contributed by atoms with Gasteiger partial charge < -0.3 is 10.6 Å². The zero-order valence-electron chi connectivity index (χ0n) is 11.8. The molecule has 1 saturated carbocycles. The molecule has 1 rings (SSSR count). The van der Waals surface area contributed by atoms with Crippen LogP contribution >= 0.6 is 0 Å². The van der Waals surface area contributed by atoms with Gasteiger partial charge in [0.15, 0.2) is 0 Å². The Morgan fingerprint density at radius 2 is 1.59 bits per heavy atom. The van der Waals surface area contributed by atoms with E-state index in [4.69, 9.17) is 5.73 Å². The summed E-state index contributed by atoms with van der Waals surface area (Å²) < 4.78 is 0. The van der Waals surface area contributed by atoms with Crippen molar-refractivity contribution in [3.63, 3.8) is 0 Å². The molecule has 0 spiro atoms. The number of hydrogen-bond donors (Lipinski definition) is 1. The normalized spacial score (nSPS) is 16.4. The van der Waals surface area contributed by atoms with Crippen LogP contribution in [0.5, 0.6) is 0 Å². The summed E-state index contributed by atoms with van der Waals surface area (Å²) in [6.07, 6.45) is 13.9. The Balaban J connectivity index is 2.02. The third kappa shape index (κ3) is 6.42. The fourth-order valence-corrected chi connectivity index (χ4v) is 2.62. The number of rotatable bonds is 11. The van der Waals surface area contributed by atoms with Crippen molar-refractivity contribution in [2.45, 2.75) is 77.2 Å². The Morgan fingerprint density at radius 3 is 2.18 bits per heavy atom. The summed E-state index contributed by atoms with van der Waals surface area (Å²) >= 11 is 0. The minimum absolute atomic E-state index is 0.847. The first-order chi connectivity index (χ1) is 8.38. The average Bonchev–Trinajstić information content (AvgIpc) is 2.27. The topological polar surface area (TPSA) is 29.3 Å². The van der Waals surface area contributed by atoms with Gasteiger partial charge in [-0.2, -0.15) is 0 Å². The molecule has 0 aromatic rings. The first-order valence-electron chi connectivity index (χ1n) is 7.82. The molecule has 2 heteroatoms. The fraction of sp³-hybridized carbons (Fsp3) is 1.00. The Morgan fingerprint density at radius 1 is 0.941 bits per heavy atom.